The number of hydrogen-bond acceptors (Lipinski definition) is 8. The van der Waals surface area contributed by atoms with Gasteiger partial charge in [-0.05, 0) is 50.2 Å². The summed E-state index contributed by atoms with van der Waals surface area (Å²) in [5, 5.41) is 11.2. The first kappa shape index (κ1) is 27.2. The number of ether oxygens (including phenoxy) is 2. The lowest BCUT2D eigenvalue weighted by Crippen LogP contribution is -2.23. The molecular weight excluding hydrogens is 524 g/mol. The van der Waals surface area contributed by atoms with Gasteiger partial charge in [-0.15, -0.1) is 10.2 Å². The molecule has 38 heavy (non-hydrogen) atoms. The quantitative estimate of drug-likeness (QED) is 0.282. The molecule has 9 nitrogen and oxygen atoms in total. The summed E-state index contributed by atoms with van der Waals surface area (Å²) in [5.41, 5.74) is 2.16. The lowest BCUT2D eigenvalue weighted by molar-refractivity contribution is -0.115. The summed E-state index contributed by atoms with van der Waals surface area (Å²) in [7, 11) is -0.621. The van der Waals surface area contributed by atoms with Gasteiger partial charge in [0.15, 0.2) is 20.8 Å². The van der Waals surface area contributed by atoms with E-state index in [0.717, 1.165) is 5.56 Å². The molecule has 0 saturated heterocycles. The van der Waals surface area contributed by atoms with Gasteiger partial charge in [0.25, 0.3) is 0 Å². The van der Waals surface area contributed by atoms with Crippen molar-refractivity contribution in [1.82, 2.24) is 14.8 Å². The summed E-state index contributed by atoms with van der Waals surface area (Å²) in [6.45, 7) is 3.64. The van der Waals surface area contributed by atoms with Gasteiger partial charge in [0.1, 0.15) is 17.3 Å². The van der Waals surface area contributed by atoms with Crippen LogP contribution < -0.4 is 14.8 Å². The van der Waals surface area contributed by atoms with Crippen molar-refractivity contribution in [2.24, 2.45) is 0 Å². The molecule has 3 aromatic carbocycles. The topological polar surface area (TPSA) is 112 Å². The Morgan fingerprint density at radius 2 is 1.71 bits per heavy atom. The highest BCUT2D eigenvalue weighted by atomic mass is 32.2. The number of anilines is 1. The Kier molecular flexibility index (Phi) is 8.38. The highest BCUT2D eigenvalue weighted by Crippen LogP contribution is 2.31. The summed E-state index contributed by atoms with van der Waals surface area (Å²) >= 11 is 1.18. The first-order valence-electron chi connectivity index (χ1n) is 11.7. The number of amides is 1. The van der Waals surface area contributed by atoms with Gasteiger partial charge in [0.2, 0.25) is 5.91 Å². The fraction of sp³-hybridized carbons (Fsp3) is 0.222. The molecule has 4 rings (SSSR count). The first-order chi connectivity index (χ1) is 18.2. The molecule has 0 fully saturated rings. The Bertz CT molecular complexity index is 1520. The van der Waals surface area contributed by atoms with E-state index < -0.39 is 15.1 Å². The minimum Gasteiger partial charge on any atom is -0.497 e. The van der Waals surface area contributed by atoms with Gasteiger partial charge in [-0.25, -0.2) is 8.42 Å². The molecule has 11 heteroatoms. The highest BCUT2D eigenvalue weighted by molar-refractivity contribution is 8.00. The normalized spacial score (nSPS) is 12.1. The second-order valence-electron chi connectivity index (χ2n) is 8.46. The maximum Gasteiger partial charge on any atom is 0.237 e. The van der Waals surface area contributed by atoms with Crippen LogP contribution in [0.2, 0.25) is 0 Å². The molecule has 0 spiro atoms. The Morgan fingerprint density at radius 1 is 1.00 bits per heavy atom. The predicted octanol–water partition coefficient (Wildman–Crippen LogP) is 4.69. The molecule has 1 N–H and O–H groups in total. The third kappa shape index (κ3) is 6.17. The molecule has 0 aliphatic heterocycles. The third-order valence-corrected chi connectivity index (χ3v) is 8.40. The molecule has 1 atom stereocenters. The van der Waals surface area contributed by atoms with Crippen LogP contribution in [0.15, 0.2) is 82.8 Å². The molecule has 0 aliphatic carbocycles. The van der Waals surface area contributed by atoms with Crippen LogP contribution in [-0.2, 0) is 20.4 Å². The van der Waals surface area contributed by atoms with Crippen LogP contribution in [-0.4, -0.2) is 48.6 Å². The minimum absolute atomic E-state index is 0.209. The third-order valence-electron chi connectivity index (χ3n) is 5.73. The number of carbonyl (C=O) groups excluding carboxylic acids is 1. The van der Waals surface area contributed by atoms with E-state index in [4.69, 9.17) is 9.47 Å². The summed E-state index contributed by atoms with van der Waals surface area (Å²) in [6.07, 6.45) is 0. The standard InChI is InChI=1S/C27H28N4O5S2/c1-18-10-13-22(14-11-18)38(33,34)17-25-29-30-27(31(25)20-8-6-5-7-9-20)37-19(2)26(32)28-23-15-12-21(35-3)16-24(23)36-4/h5-16,19H,17H2,1-4H3,(H,28,32). The Balaban J connectivity index is 1.60. The van der Waals surface area contributed by atoms with Crippen LogP contribution in [0.25, 0.3) is 5.69 Å². The average Bonchev–Trinajstić information content (AvgIpc) is 3.30. The zero-order valence-electron chi connectivity index (χ0n) is 21.4. The van der Waals surface area contributed by atoms with Gasteiger partial charge < -0.3 is 14.8 Å². The van der Waals surface area contributed by atoms with Gasteiger partial charge in [-0.2, -0.15) is 0 Å². The fourth-order valence-electron chi connectivity index (χ4n) is 3.65. The van der Waals surface area contributed by atoms with Gasteiger partial charge >= 0.3 is 0 Å². The second kappa shape index (κ2) is 11.7. The van der Waals surface area contributed by atoms with Gasteiger partial charge in [0, 0.05) is 11.8 Å². The molecule has 198 valence electrons. The van der Waals surface area contributed by atoms with Crippen LogP contribution in [0.3, 0.4) is 0 Å². The zero-order chi connectivity index (χ0) is 27.3. The van der Waals surface area contributed by atoms with E-state index in [1.165, 1.54) is 18.9 Å². The maximum absolute atomic E-state index is 13.2. The number of benzene rings is 3. The smallest absolute Gasteiger partial charge is 0.237 e. The van der Waals surface area contributed by atoms with Crippen LogP contribution in [0.5, 0.6) is 11.5 Å². The Morgan fingerprint density at radius 3 is 2.37 bits per heavy atom. The van der Waals surface area contributed by atoms with Crippen molar-refractivity contribution in [2.75, 3.05) is 19.5 Å². The number of sulfone groups is 1. The van der Waals surface area contributed by atoms with E-state index in [1.807, 2.05) is 37.3 Å². The summed E-state index contributed by atoms with van der Waals surface area (Å²) in [6, 6.07) is 21.0. The van der Waals surface area contributed by atoms with Crippen molar-refractivity contribution in [1.29, 1.82) is 0 Å². The molecule has 1 amide bonds. The molecule has 0 bridgehead atoms. The van der Waals surface area contributed by atoms with E-state index in [0.29, 0.717) is 28.0 Å². The number of aromatic nitrogens is 3. The first-order valence-corrected chi connectivity index (χ1v) is 14.2. The predicted molar refractivity (Wildman–Crippen MR) is 147 cm³/mol. The van der Waals surface area contributed by atoms with Crippen molar-refractivity contribution in [3.63, 3.8) is 0 Å². The fourth-order valence-corrected chi connectivity index (χ4v) is 5.78. The number of nitrogens with zero attached hydrogens (tertiary/aromatic N) is 3. The monoisotopic (exact) mass is 552 g/mol. The highest BCUT2D eigenvalue weighted by Gasteiger charge is 2.25. The van der Waals surface area contributed by atoms with Gasteiger partial charge in [-0.3, -0.25) is 9.36 Å². The van der Waals surface area contributed by atoms with Crippen molar-refractivity contribution in [3.05, 3.63) is 84.2 Å². The minimum atomic E-state index is -3.68. The number of thioether (sulfide) groups is 1. The SMILES string of the molecule is COc1ccc(NC(=O)C(C)Sc2nnc(CS(=O)(=O)c3ccc(C)cc3)n2-c2ccccc2)c(OC)c1. The molecule has 4 aromatic rings. The summed E-state index contributed by atoms with van der Waals surface area (Å²) in [4.78, 5) is 13.3. The van der Waals surface area contributed by atoms with E-state index in [-0.39, 0.29) is 22.4 Å². The van der Waals surface area contributed by atoms with Gasteiger partial charge in [-0.1, -0.05) is 47.7 Å². The summed E-state index contributed by atoms with van der Waals surface area (Å²) in [5.74, 6) is 0.693. The van der Waals surface area contributed by atoms with Crippen LogP contribution in [0.1, 0.15) is 18.3 Å². The maximum atomic E-state index is 13.2. The largest absolute Gasteiger partial charge is 0.497 e. The molecule has 0 saturated carbocycles. The Hall–Kier alpha value is -3.83. The van der Waals surface area contributed by atoms with Crippen LogP contribution in [0, 0.1) is 6.92 Å². The molecule has 1 aromatic heterocycles. The lowest BCUT2D eigenvalue weighted by atomic mass is 10.2. The summed E-state index contributed by atoms with van der Waals surface area (Å²) < 4.78 is 38.6. The zero-order valence-corrected chi connectivity index (χ0v) is 23.0. The number of hydrogen-bond donors (Lipinski definition) is 1. The number of para-hydroxylation sites is 1. The number of rotatable bonds is 10. The van der Waals surface area contributed by atoms with Crippen molar-refractivity contribution in [2.45, 2.75) is 34.9 Å². The molecular formula is C27H28N4O5S2. The molecule has 1 heterocycles. The van der Waals surface area contributed by atoms with E-state index in [2.05, 4.69) is 15.5 Å². The van der Waals surface area contributed by atoms with Crippen LogP contribution in [0.4, 0.5) is 5.69 Å². The van der Waals surface area contributed by atoms with Crippen molar-refractivity contribution < 1.29 is 22.7 Å². The average molecular weight is 553 g/mol. The number of methoxy groups -OCH3 is 2. The Labute approximate surface area is 226 Å². The van der Waals surface area contributed by atoms with E-state index in [9.17, 15) is 13.2 Å². The lowest BCUT2D eigenvalue weighted by Gasteiger charge is -2.16. The van der Waals surface area contributed by atoms with Crippen molar-refractivity contribution >= 4 is 33.2 Å². The number of carbonyl (C=O) groups is 1. The molecule has 1 unspecified atom stereocenters. The second-order valence-corrected chi connectivity index (χ2v) is 11.8. The number of nitrogens with one attached hydrogen (secondary N) is 1. The molecule has 0 aliphatic rings. The van der Waals surface area contributed by atoms with E-state index in [1.54, 1.807) is 61.1 Å². The van der Waals surface area contributed by atoms with E-state index >= 15 is 0 Å². The van der Waals surface area contributed by atoms with Gasteiger partial charge in [0.05, 0.1) is 30.1 Å². The number of aryl methyl sites for hydroxylation is 1. The van der Waals surface area contributed by atoms with Crippen LogP contribution >= 0.6 is 11.8 Å². The van der Waals surface area contributed by atoms with Crippen molar-refractivity contribution in [3.8, 4) is 17.2 Å². The molecule has 0 radical (unpaired) electrons.